The van der Waals surface area contributed by atoms with Crippen LogP contribution in [0.4, 0.5) is 0 Å². The number of nitrogens with two attached hydrogens (primary N) is 1. The Morgan fingerprint density at radius 3 is 2.79 bits per heavy atom. The van der Waals surface area contributed by atoms with Gasteiger partial charge >= 0.3 is 0 Å². The third kappa shape index (κ3) is 3.45. The fourth-order valence-corrected chi connectivity index (χ4v) is 4.71. The van der Waals surface area contributed by atoms with Crippen LogP contribution in [0, 0.1) is 5.92 Å². The molecule has 2 N–H and O–H groups in total. The lowest BCUT2D eigenvalue weighted by Gasteiger charge is -2.42. The first-order chi connectivity index (χ1) is 9.06. The fourth-order valence-electron chi connectivity index (χ4n) is 3.08. The van der Waals surface area contributed by atoms with Gasteiger partial charge in [0.05, 0.1) is 8.67 Å². The van der Waals surface area contributed by atoms with Crippen molar-refractivity contribution in [1.29, 1.82) is 0 Å². The quantitative estimate of drug-likeness (QED) is 0.880. The van der Waals surface area contributed by atoms with Gasteiger partial charge in [-0.3, -0.25) is 4.90 Å². The molecule has 3 unspecified atom stereocenters. The molecule has 0 saturated carbocycles. The number of thiophene rings is 1. The Hall–Kier alpha value is 0.200. The molecular formula is C14H22Cl2N2S. The van der Waals surface area contributed by atoms with Crippen LogP contribution in [0.1, 0.15) is 44.7 Å². The first-order valence-corrected chi connectivity index (χ1v) is 8.54. The van der Waals surface area contributed by atoms with Gasteiger partial charge in [0.25, 0.3) is 0 Å². The van der Waals surface area contributed by atoms with Gasteiger partial charge in [0, 0.05) is 24.2 Å². The van der Waals surface area contributed by atoms with Crippen molar-refractivity contribution in [2.24, 2.45) is 11.7 Å². The zero-order valence-corrected chi connectivity index (χ0v) is 13.9. The number of halogens is 2. The minimum absolute atomic E-state index is 0.294. The van der Waals surface area contributed by atoms with Crippen molar-refractivity contribution in [1.82, 2.24) is 4.90 Å². The normalized spacial score (nSPS) is 26.6. The van der Waals surface area contributed by atoms with E-state index in [4.69, 9.17) is 28.9 Å². The standard InChI is InChI=1S/C14H22Cl2N2S/c1-3-10-4-5-18(11(6-10)8-17)9(2)12-7-13(15)19-14(12)16/h7,9-11H,3-6,8,17H2,1-2H3. The number of rotatable bonds is 4. The zero-order valence-electron chi connectivity index (χ0n) is 11.5. The molecule has 3 atom stereocenters. The van der Waals surface area contributed by atoms with Crippen LogP contribution in [-0.2, 0) is 0 Å². The molecule has 2 heterocycles. The van der Waals surface area contributed by atoms with E-state index in [0.717, 1.165) is 33.2 Å². The van der Waals surface area contributed by atoms with Crippen LogP contribution < -0.4 is 5.73 Å². The van der Waals surface area contributed by atoms with Gasteiger partial charge in [0.2, 0.25) is 0 Å². The molecule has 1 aromatic rings. The first kappa shape index (κ1) is 15.6. The molecule has 1 aromatic heterocycles. The molecule has 1 fully saturated rings. The topological polar surface area (TPSA) is 29.3 Å². The summed E-state index contributed by atoms with van der Waals surface area (Å²) in [4.78, 5) is 2.50. The van der Waals surface area contributed by atoms with E-state index in [1.807, 2.05) is 6.07 Å². The molecule has 0 radical (unpaired) electrons. The van der Waals surface area contributed by atoms with Crippen molar-refractivity contribution >= 4 is 34.5 Å². The van der Waals surface area contributed by atoms with Crippen LogP contribution in [0.2, 0.25) is 8.67 Å². The summed E-state index contributed by atoms with van der Waals surface area (Å²) in [6.45, 7) is 6.30. The van der Waals surface area contributed by atoms with E-state index in [1.54, 1.807) is 0 Å². The average Bonchev–Trinajstić information content (AvgIpc) is 2.76. The van der Waals surface area contributed by atoms with Crippen LogP contribution >= 0.6 is 34.5 Å². The van der Waals surface area contributed by atoms with Gasteiger partial charge in [-0.1, -0.05) is 36.5 Å². The van der Waals surface area contributed by atoms with Gasteiger partial charge in [-0.25, -0.2) is 0 Å². The lowest BCUT2D eigenvalue weighted by molar-refractivity contribution is 0.0775. The summed E-state index contributed by atoms with van der Waals surface area (Å²) < 4.78 is 1.57. The van der Waals surface area contributed by atoms with Crippen molar-refractivity contribution < 1.29 is 0 Å². The monoisotopic (exact) mass is 320 g/mol. The summed E-state index contributed by atoms with van der Waals surface area (Å²) >= 11 is 13.8. The third-order valence-electron chi connectivity index (χ3n) is 4.35. The van der Waals surface area contributed by atoms with E-state index in [0.29, 0.717) is 12.1 Å². The highest BCUT2D eigenvalue weighted by atomic mass is 35.5. The molecule has 0 spiro atoms. The third-order valence-corrected chi connectivity index (χ3v) is 5.87. The highest BCUT2D eigenvalue weighted by Crippen LogP contribution is 2.39. The Morgan fingerprint density at radius 2 is 2.26 bits per heavy atom. The van der Waals surface area contributed by atoms with E-state index in [9.17, 15) is 0 Å². The summed E-state index contributed by atoms with van der Waals surface area (Å²) in [6, 6.07) is 2.75. The van der Waals surface area contributed by atoms with E-state index >= 15 is 0 Å². The summed E-state index contributed by atoms with van der Waals surface area (Å²) in [5, 5.41) is 0. The van der Waals surface area contributed by atoms with Gasteiger partial charge in [0.1, 0.15) is 0 Å². The Bertz CT molecular complexity index is 422. The maximum atomic E-state index is 6.28. The van der Waals surface area contributed by atoms with Crippen molar-refractivity contribution in [3.8, 4) is 0 Å². The lowest BCUT2D eigenvalue weighted by atomic mass is 9.87. The Morgan fingerprint density at radius 1 is 1.53 bits per heavy atom. The molecule has 1 aliphatic rings. The predicted molar refractivity (Wildman–Crippen MR) is 85.3 cm³/mol. The molecule has 2 nitrogen and oxygen atoms in total. The number of nitrogens with zero attached hydrogens (tertiary/aromatic N) is 1. The van der Waals surface area contributed by atoms with Gasteiger partial charge in [0.15, 0.2) is 0 Å². The lowest BCUT2D eigenvalue weighted by Crippen LogP contribution is -2.47. The number of hydrogen-bond acceptors (Lipinski definition) is 3. The molecule has 0 amide bonds. The van der Waals surface area contributed by atoms with Crippen molar-refractivity contribution in [3.63, 3.8) is 0 Å². The van der Waals surface area contributed by atoms with Crippen LogP contribution in [0.15, 0.2) is 6.07 Å². The second-order valence-corrected chi connectivity index (χ2v) is 7.67. The minimum atomic E-state index is 0.294. The molecule has 0 bridgehead atoms. The van der Waals surface area contributed by atoms with Gasteiger partial charge < -0.3 is 5.73 Å². The highest BCUT2D eigenvalue weighted by Gasteiger charge is 2.31. The highest BCUT2D eigenvalue weighted by molar-refractivity contribution is 7.20. The summed E-state index contributed by atoms with van der Waals surface area (Å²) in [7, 11) is 0. The van der Waals surface area contributed by atoms with E-state index in [2.05, 4.69) is 18.7 Å². The second-order valence-electron chi connectivity index (χ2n) is 5.38. The Balaban J connectivity index is 2.14. The van der Waals surface area contributed by atoms with Crippen LogP contribution in [0.3, 0.4) is 0 Å². The molecular weight excluding hydrogens is 299 g/mol. The van der Waals surface area contributed by atoms with Crippen molar-refractivity contribution in [2.45, 2.75) is 45.2 Å². The molecule has 0 aromatic carbocycles. The largest absolute Gasteiger partial charge is 0.329 e. The second kappa shape index (κ2) is 6.77. The van der Waals surface area contributed by atoms with Gasteiger partial charge in [-0.15, -0.1) is 11.3 Å². The molecule has 19 heavy (non-hydrogen) atoms. The molecule has 0 aliphatic carbocycles. The summed E-state index contributed by atoms with van der Waals surface area (Å²) in [5.74, 6) is 0.818. The Kier molecular flexibility index (Phi) is 5.55. The molecule has 2 rings (SSSR count). The number of likely N-dealkylation sites (tertiary alicyclic amines) is 1. The van der Waals surface area contributed by atoms with E-state index in [-0.39, 0.29) is 0 Å². The SMILES string of the molecule is CCC1CCN(C(C)c2cc(Cl)sc2Cl)C(CN)C1. The minimum Gasteiger partial charge on any atom is -0.329 e. The zero-order chi connectivity index (χ0) is 14.0. The number of piperidine rings is 1. The van der Waals surface area contributed by atoms with Crippen LogP contribution in [0.25, 0.3) is 0 Å². The molecule has 1 aliphatic heterocycles. The smallest absolute Gasteiger partial charge is 0.0991 e. The average molecular weight is 321 g/mol. The van der Waals surface area contributed by atoms with Crippen molar-refractivity contribution in [2.75, 3.05) is 13.1 Å². The fraction of sp³-hybridized carbons (Fsp3) is 0.714. The first-order valence-electron chi connectivity index (χ1n) is 6.97. The number of hydrogen-bond donors (Lipinski definition) is 1. The van der Waals surface area contributed by atoms with Crippen LogP contribution in [-0.4, -0.2) is 24.0 Å². The predicted octanol–water partition coefficient (Wildman–Crippen LogP) is 4.57. The summed E-state index contributed by atoms with van der Waals surface area (Å²) in [5.41, 5.74) is 7.12. The maximum absolute atomic E-state index is 6.28. The Labute approximate surface area is 129 Å². The van der Waals surface area contributed by atoms with Crippen molar-refractivity contribution in [3.05, 3.63) is 20.3 Å². The maximum Gasteiger partial charge on any atom is 0.0991 e. The molecule has 1 saturated heterocycles. The van der Waals surface area contributed by atoms with Crippen LogP contribution in [0.5, 0.6) is 0 Å². The molecule has 108 valence electrons. The molecule has 5 heteroatoms. The van der Waals surface area contributed by atoms with E-state index in [1.165, 1.54) is 30.6 Å². The summed E-state index contributed by atoms with van der Waals surface area (Å²) in [6.07, 6.45) is 3.71. The van der Waals surface area contributed by atoms with Gasteiger partial charge in [-0.2, -0.15) is 0 Å². The van der Waals surface area contributed by atoms with Gasteiger partial charge in [-0.05, 0) is 38.3 Å². The van der Waals surface area contributed by atoms with E-state index < -0.39 is 0 Å².